The lowest BCUT2D eigenvalue weighted by Crippen LogP contribution is -2.73. The monoisotopic (exact) mass is 502 g/mol. The number of nitrogens with zero attached hydrogens (tertiary/aromatic N) is 3. The number of carbonyl (C=O) groups is 1. The Bertz CT molecular complexity index is 1130. The van der Waals surface area contributed by atoms with E-state index in [0.717, 1.165) is 5.56 Å². The average molecular weight is 501 g/mol. The zero-order valence-corrected chi connectivity index (χ0v) is 23.6. The Kier molecular flexibility index (Phi) is 7.78. The van der Waals surface area contributed by atoms with Crippen molar-refractivity contribution in [3.05, 3.63) is 58.4 Å². The molecule has 0 aliphatic carbocycles. The van der Waals surface area contributed by atoms with E-state index in [9.17, 15) is 9.18 Å². The fourth-order valence-corrected chi connectivity index (χ4v) is 5.70. The molecule has 1 saturated heterocycles. The first-order valence-electron chi connectivity index (χ1n) is 12.3. The van der Waals surface area contributed by atoms with E-state index in [2.05, 4.69) is 38.8 Å². The molecule has 180 valence electrons. The van der Waals surface area contributed by atoms with Crippen LogP contribution in [0.4, 0.5) is 8.78 Å². The van der Waals surface area contributed by atoms with Gasteiger partial charge in [0.15, 0.2) is 0 Å². The number of carbonyl (C=O) groups excluding carboxylic acids is 1. The predicted octanol–water partition coefficient (Wildman–Crippen LogP) is -6.27. The summed E-state index contributed by atoms with van der Waals surface area (Å²) in [6.45, 7) is 0.0850. The van der Waals surface area contributed by atoms with Gasteiger partial charge in [-0.25, -0.2) is 18.7 Å². The van der Waals surface area contributed by atoms with Crippen LogP contribution in [-0.2, 0) is 10.5 Å². The first-order chi connectivity index (χ1) is 16.3. The number of piperidine rings is 1. The molecule has 3 rings (SSSR count). The summed E-state index contributed by atoms with van der Waals surface area (Å²) in [7, 11) is 17.7. The second-order valence-corrected chi connectivity index (χ2v) is 13.3. The molecule has 0 radical (unpaired) electrons. The molecule has 1 amide bonds. The lowest BCUT2D eigenvalue weighted by Gasteiger charge is -2.58. The molecule has 1 aromatic heterocycles. The zero-order valence-electron chi connectivity index (χ0n) is 22.9. The van der Waals surface area contributed by atoms with E-state index in [0.29, 0.717) is 5.82 Å². The molecule has 0 atom stereocenters. The Morgan fingerprint density at radius 3 is 2.06 bits per heavy atom. The quantitative estimate of drug-likeness (QED) is 0.401. The largest absolute Gasteiger partial charge is 0.359 e. The van der Waals surface area contributed by atoms with Gasteiger partial charge >= 0.3 is 0 Å². The summed E-state index contributed by atoms with van der Waals surface area (Å²) in [5, 5.41) is 0.926. The molecule has 1 aromatic carbocycles. The minimum Gasteiger partial charge on any atom is -0.359 e. The highest BCUT2D eigenvalue weighted by atomic mass is 35.5. The first-order valence-corrected chi connectivity index (χ1v) is 12.7. The van der Waals surface area contributed by atoms with Crippen LogP contribution in [-0.4, -0.2) is 114 Å². The third kappa shape index (κ3) is 6.12. The molecule has 0 spiro atoms. The molecule has 1 aliphatic rings. The summed E-state index contributed by atoms with van der Waals surface area (Å²) < 4.78 is 30.1. The number of rotatable bonds is 6. The van der Waals surface area contributed by atoms with Crippen LogP contribution in [0.5, 0.6) is 0 Å². The van der Waals surface area contributed by atoms with Crippen LogP contribution >= 0.6 is 11.6 Å². The van der Waals surface area contributed by atoms with Gasteiger partial charge in [-0.15, -0.1) is 0 Å². The van der Waals surface area contributed by atoms with Crippen LogP contribution in [0, 0.1) is 5.82 Å². The smallest absolute Gasteiger partial charge is 0.252 e. The van der Waals surface area contributed by atoms with Crippen LogP contribution in [0.15, 0.2) is 30.6 Å². The number of alkyl halides is 1. The fourth-order valence-electron chi connectivity index (χ4n) is 5.52. The minimum absolute atomic E-state index is 0.0546. The Morgan fingerprint density at radius 2 is 1.58 bits per heavy atom. The second-order valence-electron chi connectivity index (χ2n) is 12.9. The van der Waals surface area contributed by atoms with Gasteiger partial charge in [-0.05, 0) is 47.3 Å². The zero-order chi connectivity index (χ0) is 27.3. The molecule has 2 aromatic rings. The van der Waals surface area contributed by atoms with Crippen molar-refractivity contribution in [3.8, 4) is 0 Å². The third-order valence-electron chi connectivity index (χ3n) is 7.00. The van der Waals surface area contributed by atoms with Crippen LogP contribution < -0.4 is 5.32 Å². The van der Waals surface area contributed by atoms with E-state index >= 15 is 4.39 Å². The summed E-state index contributed by atoms with van der Waals surface area (Å²) in [5.41, 5.74) is -0.261. The average Bonchev–Trinajstić information content (AvgIpc) is 2.72. The number of amides is 1. The number of likely N-dealkylation sites (tertiary alicyclic amines) is 1. The molecule has 1 aliphatic heterocycles. The maximum atomic E-state index is 16.5. The van der Waals surface area contributed by atoms with Gasteiger partial charge in [-0.1, -0.05) is 16.7 Å². The summed E-state index contributed by atoms with van der Waals surface area (Å²) >= 11 is 5.93. The predicted molar refractivity (Wildman–Crippen MR) is 166 cm³/mol. The number of halogens is 3. The second kappa shape index (κ2) is 9.65. The number of nitrogens with one attached hydrogen (secondary N) is 1. The van der Waals surface area contributed by atoms with Crippen molar-refractivity contribution in [3.63, 3.8) is 0 Å². The molecule has 36 heavy (non-hydrogen) atoms. The van der Waals surface area contributed by atoms with Gasteiger partial charge in [0.25, 0.3) is 5.91 Å². The van der Waals surface area contributed by atoms with E-state index in [-0.39, 0.29) is 41.0 Å². The molecule has 0 unspecified atom stereocenters. The Morgan fingerprint density at radius 1 is 1.06 bits per heavy atom. The van der Waals surface area contributed by atoms with Gasteiger partial charge in [0.05, 0.1) is 28.6 Å². The number of hydrogen-bond donors (Lipinski definition) is 1. The Hall–Kier alpha value is -1.54. The van der Waals surface area contributed by atoms with E-state index < -0.39 is 27.5 Å². The number of benzene rings is 1. The maximum absolute atomic E-state index is 16.5. The molecule has 5 nitrogen and oxygen atoms in total. The summed E-state index contributed by atoms with van der Waals surface area (Å²) in [5.74, 6) is -0.285. The van der Waals surface area contributed by atoms with Crippen LogP contribution in [0.25, 0.3) is 0 Å². The van der Waals surface area contributed by atoms with E-state index in [1.807, 2.05) is 59.5 Å². The van der Waals surface area contributed by atoms with Crippen LogP contribution in [0.3, 0.4) is 0 Å². The Balaban J connectivity index is 1.80. The van der Waals surface area contributed by atoms with E-state index in [4.69, 9.17) is 11.6 Å². The molecule has 0 bridgehead atoms. The van der Waals surface area contributed by atoms with Gasteiger partial charge in [-0.2, -0.15) is 0 Å². The van der Waals surface area contributed by atoms with Gasteiger partial charge in [0, 0.05) is 29.8 Å². The lowest BCUT2D eigenvalue weighted by molar-refractivity contribution is 0.00392. The summed E-state index contributed by atoms with van der Waals surface area (Å²) in [6, 6.07) is 3.93. The Labute approximate surface area is 226 Å². The maximum Gasteiger partial charge on any atom is 0.252 e. The number of hydrogen-bond acceptors (Lipinski definition) is 4. The molecular formula is C19H30B9ClF2N4O. The molecule has 0 saturated carbocycles. The third-order valence-corrected chi connectivity index (χ3v) is 7.29. The lowest BCUT2D eigenvalue weighted by atomic mass is 9.40. The molecule has 1 N–H and O–H groups in total. The van der Waals surface area contributed by atoms with Crippen molar-refractivity contribution >= 4 is 88.1 Å². The topological polar surface area (TPSA) is 58.1 Å². The highest BCUT2D eigenvalue weighted by Crippen LogP contribution is 2.42. The highest BCUT2D eigenvalue weighted by molar-refractivity contribution is 6.58. The molecule has 1 fully saturated rings. The van der Waals surface area contributed by atoms with E-state index in [1.165, 1.54) is 18.2 Å². The van der Waals surface area contributed by atoms with Crippen LogP contribution in [0.2, 0.25) is 5.02 Å². The van der Waals surface area contributed by atoms with Crippen molar-refractivity contribution in [1.29, 1.82) is 0 Å². The van der Waals surface area contributed by atoms with Gasteiger partial charge in [0.1, 0.15) is 64.4 Å². The summed E-state index contributed by atoms with van der Waals surface area (Å²) in [6.07, 6.45) is 3.93. The van der Waals surface area contributed by atoms with Crippen LogP contribution in [0.1, 0.15) is 34.6 Å². The van der Waals surface area contributed by atoms with Crippen molar-refractivity contribution in [2.24, 2.45) is 0 Å². The van der Waals surface area contributed by atoms with Gasteiger partial charge < -0.3 is 10.2 Å². The molecular weight excluding hydrogens is 471 g/mol. The van der Waals surface area contributed by atoms with Gasteiger partial charge in [-0.3, -0.25) is 4.79 Å². The molecule has 17 heteroatoms. The van der Waals surface area contributed by atoms with E-state index in [1.54, 1.807) is 4.90 Å². The minimum atomic E-state index is -1.58. The van der Waals surface area contributed by atoms with Crippen molar-refractivity contribution in [2.45, 2.75) is 39.6 Å². The first kappa shape index (κ1) is 29.0. The molecule has 2 heterocycles. The standard InChI is InChI=1S/C19H30B9ClF2N4O/c20-16(21)6-15(31,8-34-19(27,28)14-32-4-10(5-33-14)18(24,25)26)7-17(22,23)35(16)13(36)9-1-2-12(30)11(29)3-9/h1-5,34H,6-8,20-28H2. The van der Waals surface area contributed by atoms with Crippen molar-refractivity contribution in [2.75, 3.05) is 6.54 Å². The fraction of sp³-hybridized carbons (Fsp3) is 0.421. The number of aromatic nitrogens is 2. The summed E-state index contributed by atoms with van der Waals surface area (Å²) in [4.78, 5) is 24.3. The van der Waals surface area contributed by atoms with Gasteiger partial charge in [0.2, 0.25) is 0 Å². The van der Waals surface area contributed by atoms with Crippen molar-refractivity contribution < 1.29 is 13.6 Å². The van der Waals surface area contributed by atoms with Crippen molar-refractivity contribution in [1.82, 2.24) is 20.2 Å². The SMILES string of the molecule is BC(B)(B)c1cnc(C(B)(B)NCC2(F)CC(B)(B)N(C(=O)c3ccc(F)c(Cl)c3)C(B)(B)C2)nc1. The normalized spacial score (nSPS) is 19.0. The highest BCUT2D eigenvalue weighted by Gasteiger charge is 2.54.